The third-order valence-electron chi connectivity index (χ3n) is 6.32. The Morgan fingerprint density at radius 1 is 0.968 bits per heavy atom. The van der Waals surface area contributed by atoms with Crippen molar-refractivity contribution in [1.82, 2.24) is 5.32 Å². The van der Waals surface area contributed by atoms with Crippen LogP contribution in [0.3, 0.4) is 0 Å². The van der Waals surface area contributed by atoms with Gasteiger partial charge in [0.1, 0.15) is 17.6 Å². The van der Waals surface area contributed by atoms with Gasteiger partial charge in [0, 0.05) is 17.5 Å². The number of rotatable bonds is 6. The van der Waals surface area contributed by atoms with Crippen LogP contribution in [0, 0.1) is 0 Å². The van der Waals surface area contributed by atoms with Gasteiger partial charge < -0.3 is 14.8 Å². The van der Waals surface area contributed by atoms with Crippen LogP contribution in [-0.4, -0.2) is 12.1 Å². The second-order valence-corrected chi connectivity index (χ2v) is 10.3. The summed E-state index contributed by atoms with van der Waals surface area (Å²) in [5, 5.41) is 3.67. The van der Waals surface area contributed by atoms with Gasteiger partial charge in [0.15, 0.2) is 0 Å². The molecule has 1 atom stereocenters. The van der Waals surface area contributed by atoms with E-state index in [1.807, 2.05) is 12.1 Å². The average molecular weight is 454 g/mol. The number of thiophene rings is 1. The zero-order valence-electron chi connectivity index (χ0n) is 17.6. The highest BCUT2D eigenvalue weighted by Gasteiger charge is 2.24. The lowest BCUT2D eigenvalue weighted by Crippen LogP contribution is -2.35. The van der Waals surface area contributed by atoms with Gasteiger partial charge >= 0.3 is 0 Å². The van der Waals surface area contributed by atoms with Gasteiger partial charge in [-0.05, 0) is 80.0 Å². The van der Waals surface area contributed by atoms with Crippen LogP contribution >= 0.6 is 22.9 Å². The number of hydrogen-bond donors (Lipinski definition) is 1. The summed E-state index contributed by atoms with van der Waals surface area (Å²) in [5.74, 6) is 1.97. The van der Waals surface area contributed by atoms with E-state index in [1.54, 1.807) is 11.3 Å². The molecule has 2 aromatic carbocycles. The number of aryl methyl sites for hydroxylation is 1. The van der Waals surface area contributed by atoms with Crippen molar-refractivity contribution in [3.8, 4) is 11.5 Å². The van der Waals surface area contributed by atoms with Crippen molar-refractivity contribution >= 4 is 22.9 Å². The normalized spacial score (nSPS) is 23.1. The topological polar surface area (TPSA) is 30.5 Å². The molecular formula is C26H28ClNO2S. The van der Waals surface area contributed by atoms with Crippen LogP contribution in [0.2, 0.25) is 4.34 Å². The van der Waals surface area contributed by atoms with E-state index >= 15 is 0 Å². The number of ether oxygens (including phenoxy) is 2. The van der Waals surface area contributed by atoms with E-state index in [9.17, 15) is 0 Å². The maximum absolute atomic E-state index is 6.35. The summed E-state index contributed by atoms with van der Waals surface area (Å²) >= 11 is 7.68. The summed E-state index contributed by atoms with van der Waals surface area (Å²) in [6.07, 6.45) is 6.95. The van der Waals surface area contributed by atoms with E-state index in [1.165, 1.54) is 16.0 Å². The monoisotopic (exact) mass is 453 g/mol. The van der Waals surface area contributed by atoms with Gasteiger partial charge in [0.2, 0.25) is 0 Å². The highest BCUT2D eigenvalue weighted by molar-refractivity contribution is 7.16. The fourth-order valence-corrected chi connectivity index (χ4v) is 5.65. The fraction of sp³-hybridized carbons (Fsp3) is 0.385. The molecule has 1 unspecified atom stereocenters. The van der Waals surface area contributed by atoms with E-state index in [2.05, 4.69) is 53.8 Å². The minimum absolute atomic E-state index is 0.147. The van der Waals surface area contributed by atoms with Gasteiger partial charge in [-0.15, -0.1) is 11.3 Å². The number of halogens is 1. The molecule has 162 valence electrons. The van der Waals surface area contributed by atoms with Crippen molar-refractivity contribution in [3.05, 3.63) is 81.0 Å². The number of fused-ring (bicyclic) bond motifs is 1. The molecule has 1 aliphatic carbocycles. The molecule has 0 saturated heterocycles. The van der Waals surface area contributed by atoms with E-state index in [0.29, 0.717) is 12.1 Å². The second kappa shape index (κ2) is 9.64. The maximum Gasteiger partial charge on any atom is 0.124 e. The Morgan fingerprint density at radius 2 is 1.81 bits per heavy atom. The highest BCUT2D eigenvalue weighted by atomic mass is 35.5. The molecule has 0 radical (unpaired) electrons. The van der Waals surface area contributed by atoms with Crippen molar-refractivity contribution in [1.29, 1.82) is 0 Å². The summed E-state index contributed by atoms with van der Waals surface area (Å²) < 4.78 is 13.5. The molecular weight excluding hydrogens is 426 g/mol. The van der Waals surface area contributed by atoms with E-state index in [4.69, 9.17) is 21.1 Å². The van der Waals surface area contributed by atoms with Crippen molar-refractivity contribution in [3.63, 3.8) is 0 Å². The first kappa shape index (κ1) is 20.9. The first-order valence-electron chi connectivity index (χ1n) is 11.2. The van der Waals surface area contributed by atoms with E-state index < -0.39 is 0 Å². The maximum atomic E-state index is 6.35. The number of hydrogen-bond acceptors (Lipinski definition) is 4. The molecule has 2 heterocycles. The van der Waals surface area contributed by atoms with Crippen LogP contribution in [0.25, 0.3) is 0 Å². The van der Waals surface area contributed by atoms with Crippen LogP contribution in [0.5, 0.6) is 11.5 Å². The summed E-state index contributed by atoms with van der Waals surface area (Å²) in [7, 11) is 0. The van der Waals surface area contributed by atoms with Crippen molar-refractivity contribution < 1.29 is 9.47 Å². The van der Waals surface area contributed by atoms with Gasteiger partial charge in [-0.3, -0.25) is 0 Å². The lowest BCUT2D eigenvalue weighted by molar-refractivity contribution is 0.138. The molecule has 1 aromatic heterocycles. The summed E-state index contributed by atoms with van der Waals surface area (Å²) in [5.41, 5.74) is 2.51. The Morgan fingerprint density at radius 3 is 2.58 bits per heavy atom. The standard InChI is InChI=1S/C26H28ClNO2S/c27-26-15-12-23(31-26)17-28-20-7-9-21(10-8-20)29-22-11-14-25-19(16-22)6-13-24(30-25)18-4-2-1-3-5-18/h1-5,11-12,14-16,20-21,24,28H,6-10,13,17H2. The van der Waals surface area contributed by atoms with Crippen LogP contribution in [0.4, 0.5) is 0 Å². The molecule has 0 bridgehead atoms. The summed E-state index contributed by atoms with van der Waals surface area (Å²) in [6.45, 7) is 0.905. The molecule has 1 aliphatic heterocycles. The Hall–Kier alpha value is -2.01. The summed E-state index contributed by atoms with van der Waals surface area (Å²) in [4.78, 5) is 1.30. The van der Waals surface area contributed by atoms with E-state index in [0.717, 1.165) is 60.9 Å². The smallest absolute Gasteiger partial charge is 0.124 e. The third-order valence-corrected chi connectivity index (χ3v) is 7.55. The minimum Gasteiger partial charge on any atom is -0.490 e. The fourth-order valence-electron chi connectivity index (χ4n) is 4.61. The lowest BCUT2D eigenvalue weighted by Gasteiger charge is -2.30. The first-order valence-corrected chi connectivity index (χ1v) is 12.4. The molecule has 3 aromatic rings. The lowest BCUT2D eigenvalue weighted by atomic mass is 9.92. The molecule has 0 spiro atoms. The molecule has 31 heavy (non-hydrogen) atoms. The van der Waals surface area contributed by atoms with Crippen LogP contribution in [0.1, 0.15) is 54.2 Å². The van der Waals surface area contributed by atoms with Gasteiger partial charge in [0.25, 0.3) is 0 Å². The highest BCUT2D eigenvalue weighted by Crippen LogP contribution is 2.37. The second-order valence-electron chi connectivity index (χ2n) is 8.50. The Labute approximate surface area is 193 Å². The van der Waals surface area contributed by atoms with Gasteiger partial charge in [-0.25, -0.2) is 0 Å². The molecule has 5 rings (SSSR count). The Bertz CT molecular complexity index is 998. The van der Waals surface area contributed by atoms with Crippen molar-refractivity contribution in [2.24, 2.45) is 0 Å². The molecule has 2 aliphatic rings. The molecule has 3 nitrogen and oxygen atoms in total. The van der Waals surface area contributed by atoms with Crippen molar-refractivity contribution in [2.45, 2.75) is 63.3 Å². The Kier molecular flexibility index (Phi) is 6.49. The van der Waals surface area contributed by atoms with Crippen LogP contribution in [-0.2, 0) is 13.0 Å². The summed E-state index contributed by atoms with van der Waals surface area (Å²) in [6, 6.07) is 21.5. The first-order chi connectivity index (χ1) is 15.2. The molecule has 0 amide bonds. The zero-order valence-corrected chi connectivity index (χ0v) is 19.1. The molecule has 1 N–H and O–H groups in total. The van der Waals surface area contributed by atoms with Gasteiger partial charge in [-0.2, -0.15) is 0 Å². The van der Waals surface area contributed by atoms with Gasteiger partial charge in [-0.1, -0.05) is 41.9 Å². The van der Waals surface area contributed by atoms with E-state index in [-0.39, 0.29) is 6.10 Å². The SMILES string of the molecule is Clc1ccc(CNC2CCC(Oc3ccc4c(c3)CCC(c3ccccc3)O4)CC2)s1. The molecule has 1 fully saturated rings. The molecule has 1 saturated carbocycles. The minimum atomic E-state index is 0.147. The average Bonchev–Trinajstić information content (AvgIpc) is 3.24. The predicted octanol–water partition coefficient (Wildman–Crippen LogP) is 6.95. The Balaban J connectivity index is 1.12. The zero-order chi connectivity index (χ0) is 21.0. The van der Waals surface area contributed by atoms with Gasteiger partial charge in [0.05, 0.1) is 10.4 Å². The van der Waals surface area contributed by atoms with Crippen molar-refractivity contribution in [2.75, 3.05) is 0 Å². The largest absolute Gasteiger partial charge is 0.490 e. The van der Waals surface area contributed by atoms with Crippen LogP contribution < -0.4 is 14.8 Å². The number of benzene rings is 2. The number of nitrogens with one attached hydrogen (secondary N) is 1. The predicted molar refractivity (Wildman–Crippen MR) is 127 cm³/mol. The third kappa shape index (κ3) is 5.25. The quantitative estimate of drug-likeness (QED) is 0.438. The molecule has 5 heteroatoms. The van der Waals surface area contributed by atoms with Crippen LogP contribution in [0.15, 0.2) is 60.7 Å².